The molecule has 0 saturated carbocycles. The molecule has 0 fully saturated rings. The lowest BCUT2D eigenvalue weighted by atomic mass is 10.2. The van der Waals surface area contributed by atoms with Crippen molar-refractivity contribution in [3.8, 4) is 5.69 Å². The van der Waals surface area contributed by atoms with Crippen molar-refractivity contribution >= 4 is 11.0 Å². The van der Waals surface area contributed by atoms with Crippen LogP contribution in [0.3, 0.4) is 0 Å². The molecule has 0 unspecified atom stereocenters. The van der Waals surface area contributed by atoms with Crippen molar-refractivity contribution in [1.29, 1.82) is 0 Å². The Hall–Kier alpha value is -2.90. The molecule has 0 radical (unpaired) electrons. The molecule has 0 aliphatic carbocycles. The highest BCUT2D eigenvalue weighted by Gasteiger charge is 2.13. The molecule has 2 aromatic heterocycles. The van der Waals surface area contributed by atoms with Crippen LogP contribution in [0, 0.1) is 17.5 Å². The molecule has 0 amide bonds. The van der Waals surface area contributed by atoms with Crippen LogP contribution in [0.5, 0.6) is 0 Å². The maximum absolute atomic E-state index is 13.3. The molecule has 21 heavy (non-hydrogen) atoms. The lowest BCUT2D eigenvalue weighted by molar-refractivity contribution is 0.508. The van der Waals surface area contributed by atoms with Gasteiger partial charge in [-0.05, 0) is 18.2 Å². The van der Waals surface area contributed by atoms with Gasteiger partial charge in [-0.2, -0.15) is 0 Å². The van der Waals surface area contributed by atoms with Crippen LogP contribution < -0.4 is 11.2 Å². The summed E-state index contributed by atoms with van der Waals surface area (Å²) in [5.74, 6) is -3.01. The fourth-order valence-corrected chi connectivity index (χ4v) is 1.96. The highest BCUT2D eigenvalue weighted by atomic mass is 19.2. The molecule has 0 spiro atoms. The maximum Gasteiger partial charge on any atom is 0.334 e. The van der Waals surface area contributed by atoms with Crippen molar-refractivity contribution in [3.05, 3.63) is 68.8 Å². The zero-order valence-electron chi connectivity index (χ0n) is 10.2. The van der Waals surface area contributed by atoms with E-state index in [1.807, 2.05) is 4.98 Å². The van der Waals surface area contributed by atoms with E-state index in [0.717, 1.165) is 35.0 Å². The molecule has 5 nitrogen and oxygen atoms in total. The molecule has 1 N–H and O–H groups in total. The number of nitrogens with zero attached hydrogens (tertiary/aromatic N) is 2. The standard InChI is InChI=1S/C13H6F3N3O2/c14-6-3-8-11(17-5-6)19(13(21)18-12(8)20)7-1-2-9(15)10(16)4-7/h1-5H,(H,18,20,21). The molecular formula is C13H6F3N3O2. The predicted molar refractivity (Wildman–Crippen MR) is 67.8 cm³/mol. The second-order valence-corrected chi connectivity index (χ2v) is 4.22. The third kappa shape index (κ3) is 2.10. The Morgan fingerprint density at radius 1 is 1.05 bits per heavy atom. The summed E-state index contributed by atoms with van der Waals surface area (Å²) < 4.78 is 40.3. The molecule has 0 atom stereocenters. The van der Waals surface area contributed by atoms with Gasteiger partial charge in [-0.3, -0.25) is 9.78 Å². The smallest absolute Gasteiger partial charge is 0.273 e. The zero-order valence-corrected chi connectivity index (χ0v) is 10.2. The first-order chi connectivity index (χ1) is 9.97. The lowest BCUT2D eigenvalue weighted by Gasteiger charge is -2.08. The monoisotopic (exact) mass is 293 g/mol. The summed E-state index contributed by atoms with van der Waals surface area (Å²) in [6.45, 7) is 0. The minimum atomic E-state index is -1.17. The Kier molecular flexibility index (Phi) is 2.86. The third-order valence-corrected chi connectivity index (χ3v) is 2.87. The van der Waals surface area contributed by atoms with Crippen molar-refractivity contribution in [1.82, 2.24) is 14.5 Å². The Morgan fingerprint density at radius 2 is 1.81 bits per heavy atom. The lowest BCUT2D eigenvalue weighted by Crippen LogP contribution is -2.30. The van der Waals surface area contributed by atoms with Crippen LogP contribution in [0.15, 0.2) is 40.1 Å². The van der Waals surface area contributed by atoms with Crippen LogP contribution in [0.1, 0.15) is 0 Å². The van der Waals surface area contributed by atoms with Gasteiger partial charge in [0.05, 0.1) is 17.3 Å². The fraction of sp³-hybridized carbons (Fsp3) is 0. The first-order valence-electron chi connectivity index (χ1n) is 5.73. The van der Waals surface area contributed by atoms with E-state index in [9.17, 15) is 22.8 Å². The molecule has 8 heteroatoms. The van der Waals surface area contributed by atoms with E-state index < -0.39 is 28.7 Å². The number of aromatic amines is 1. The first-order valence-corrected chi connectivity index (χ1v) is 5.73. The van der Waals surface area contributed by atoms with Crippen LogP contribution in [-0.4, -0.2) is 14.5 Å². The number of fused-ring (bicyclic) bond motifs is 1. The van der Waals surface area contributed by atoms with Gasteiger partial charge >= 0.3 is 5.69 Å². The van der Waals surface area contributed by atoms with Crippen molar-refractivity contribution < 1.29 is 13.2 Å². The largest absolute Gasteiger partial charge is 0.334 e. The number of pyridine rings is 1. The molecule has 1 aromatic carbocycles. The summed E-state index contributed by atoms with van der Waals surface area (Å²) in [5.41, 5.74) is -1.91. The number of aromatic nitrogens is 3. The summed E-state index contributed by atoms with van der Waals surface area (Å²) in [7, 11) is 0. The normalized spacial score (nSPS) is 11.0. The van der Waals surface area contributed by atoms with Crippen LogP contribution in [-0.2, 0) is 0 Å². The number of H-pyrrole nitrogens is 1. The van der Waals surface area contributed by atoms with E-state index in [0.29, 0.717) is 0 Å². The molecule has 106 valence electrons. The molecule has 0 aliphatic rings. The second-order valence-electron chi connectivity index (χ2n) is 4.22. The van der Waals surface area contributed by atoms with Crippen LogP contribution >= 0.6 is 0 Å². The summed E-state index contributed by atoms with van der Waals surface area (Å²) in [6.07, 6.45) is 0.817. The van der Waals surface area contributed by atoms with E-state index in [-0.39, 0.29) is 16.7 Å². The van der Waals surface area contributed by atoms with E-state index in [4.69, 9.17) is 0 Å². The van der Waals surface area contributed by atoms with Gasteiger partial charge in [-0.25, -0.2) is 27.5 Å². The van der Waals surface area contributed by atoms with Gasteiger partial charge in [0.25, 0.3) is 5.56 Å². The van der Waals surface area contributed by atoms with Gasteiger partial charge in [0.15, 0.2) is 17.3 Å². The second kappa shape index (κ2) is 4.58. The predicted octanol–water partition coefficient (Wildman–Crippen LogP) is 1.49. The summed E-state index contributed by atoms with van der Waals surface area (Å²) in [6, 6.07) is 3.65. The summed E-state index contributed by atoms with van der Waals surface area (Å²) in [5, 5.41) is -0.181. The average Bonchev–Trinajstić information content (AvgIpc) is 2.43. The Balaban J connectivity index is 2.44. The minimum Gasteiger partial charge on any atom is -0.273 e. The van der Waals surface area contributed by atoms with E-state index in [1.165, 1.54) is 0 Å². The highest BCUT2D eigenvalue weighted by Crippen LogP contribution is 2.15. The Labute approximate surface area is 114 Å². The van der Waals surface area contributed by atoms with Crippen molar-refractivity contribution in [2.75, 3.05) is 0 Å². The molecule has 3 rings (SSSR count). The third-order valence-electron chi connectivity index (χ3n) is 2.87. The first kappa shape index (κ1) is 13.1. The van der Waals surface area contributed by atoms with Gasteiger partial charge in [0.1, 0.15) is 5.82 Å². The number of halogens is 3. The molecule has 2 heterocycles. The quantitative estimate of drug-likeness (QED) is 0.739. The van der Waals surface area contributed by atoms with Gasteiger partial charge in [0, 0.05) is 6.07 Å². The molecule has 0 bridgehead atoms. The molecular weight excluding hydrogens is 287 g/mol. The average molecular weight is 293 g/mol. The van der Waals surface area contributed by atoms with Gasteiger partial charge in [0.2, 0.25) is 0 Å². The molecule has 3 aromatic rings. The topological polar surface area (TPSA) is 67.8 Å². The van der Waals surface area contributed by atoms with Gasteiger partial charge in [-0.15, -0.1) is 0 Å². The van der Waals surface area contributed by atoms with Crippen LogP contribution in [0.2, 0.25) is 0 Å². The van der Waals surface area contributed by atoms with Crippen molar-refractivity contribution in [3.63, 3.8) is 0 Å². The van der Waals surface area contributed by atoms with Crippen molar-refractivity contribution in [2.24, 2.45) is 0 Å². The maximum atomic E-state index is 13.3. The van der Waals surface area contributed by atoms with E-state index in [2.05, 4.69) is 4.98 Å². The summed E-state index contributed by atoms with van der Waals surface area (Å²) >= 11 is 0. The molecule has 0 saturated heterocycles. The van der Waals surface area contributed by atoms with Crippen LogP contribution in [0.25, 0.3) is 16.7 Å². The Morgan fingerprint density at radius 3 is 2.52 bits per heavy atom. The number of benzene rings is 1. The summed E-state index contributed by atoms with van der Waals surface area (Å²) in [4.78, 5) is 29.2. The number of hydrogen-bond donors (Lipinski definition) is 1. The SMILES string of the molecule is O=c1[nH]c(=O)n(-c2ccc(F)c(F)c2)c2ncc(F)cc12. The van der Waals surface area contributed by atoms with Crippen molar-refractivity contribution in [2.45, 2.75) is 0 Å². The van der Waals surface area contributed by atoms with Crippen LogP contribution in [0.4, 0.5) is 13.2 Å². The van der Waals surface area contributed by atoms with Gasteiger partial charge in [-0.1, -0.05) is 0 Å². The Bertz CT molecular complexity index is 979. The van der Waals surface area contributed by atoms with Gasteiger partial charge < -0.3 is 0 Å². The number of nitrogens with one attached hydrogen (secondary N) is 1. The number of rotatable bonds is 1. The van der Waals surface area contributed by atoms with E-state index in [1.54, 1.807) is 0 Å². The highest BCUT2D eigenvalue weighted by molar-refractivity contribution is 5.75. The zero-order chi connectivity index (χ0) is 15.1. The fourth-order valence-electron chi connectivity index (χ4n) is 1.96. The van der Waals surface area contributed by atoms with E-state index >= 15 is 0 Å². The minimum absolute atomic E-state index is 0.0424. The molecule has 0 aliphatic heterocycles. The number of hydrogen-bond acceptors (Lipinski definition) is 3.